The molecule has 0 radical (unpaired) electrons. The van der Waals surface area contributed by atoms with Gasteiger partial charge in [-0.05, 0) is 87.4 Å². The Bertz CT molecular complexity index is 1490. The van der Waals surface area contributed by atoms with Gasteiger partial charge in [-0.25, -0.2) is 8.42 Å². The van der Waals surface area contributed by atoms with Gasteiger partial charge in [0.25, 0.3) is 0 Å². The number of thiophene rings is 1. The van der Waals surface area contributed by atoms with Gasteiger partial charge in [0.15, 0.2) is 0 Å². The Labute approximate surface area is 255 Å². The average molecular weight is 641 g/mol. The van der Waals surface area contributed by atoms with Crippen molar-refractivity contribution >= 4 is 27.3 Å². The van der Waals surface area contributed by atoms with Crippen LogP contribution >= 0.6 is 11.3 Å². The van der Waals surface area contributed by atoms with Gasteiger partial charge in [-0.15, -0.1) is 11.3 Å². The first-order chi connectivity index (χ1) is 20.0. The number of sulfonamides is 1. The van der Waals surface area contributed by atoms with E-state index in [1.807, 2.05) is 32.0 Å². The summed E-state index contributed by atoms with van der Waals surface area (Å²) >= 11 is 1.14. The molecule has 12 heteroatoms. The minimum Gasteiger partial charge on any atom is -0.481 e. The van der Waals surface area contributed by atoms with Crippen LogP contribution in [0.1, 0.15) is 54.7 Å². The highest BCUT2D eigenvalue weighted by Gasteiger charge is 2.34. The molecule has 7 nitrogen and oxygen atoms in total. The fraction of sp³-hybridized carbons (Fsp3) is 0.452. The Hall–Kier alpha value is -2.77. The lowest BCUT2D eigenvalue weighted by molar-refractivity contribution is -0.138. The standard InChI is InChI=1S/C31H39F3N2O5S2/c1-21-15-26(12-13-28(38)39)42-29(21)23-16-24(31(32,33)34)18-27(17-23)43(40,41)36(4)20-25(37)19-35-30(2,3)14-8-11-22-9-6-5-7-10-22/h5-7,9-10,15-18,25,35,37H,8,11-14,19-20H2,1-4H3,(H,38,39)/t25-/m1/s1. The number of aliphatic carboxylic acids is 1. The van der Waals surface area contributed by atoms with Gasteiger partial charge in [0.2, 0.25) is 10.0 Å². The quantitative estimate of drug-likeness (QED) is 0.185. The van der Waals surface area contributed by atoms with Crippen LogP contribution in [0, 0.1) is 6.92 Å². The maximum absolute atomic E-state index is 13.9. The molecule has 0 aliphatic carbocycles. The Kier molecular flexibility index (Phi) is 11.6. The van der Waals surface area contributed by atoms with E-state index in [0.717, 1.165) is 41.0 Å². The van der Waals surface area contributed by atoms with Crippen molar-refractivity contribution in [2.45, 2.75) is 75.6 Å². The zero-order valence-corrected chi connectivity index (χ0v) is 26.4. The third kappa shape index (κ3) is 10.1. The first-order valence-corrected chi connectivity index (χ1v) is 16.2. The molecule has 0 unspecified atom stereocenters. The van der Waals surface area contributed by atoms with Crippen LogP contribution < -0.4 is 5.32 Å². The van der Waals surface area contributed by atoms with Gasteiger partial charge in [-0.3, -0.25) is 4.79 Å². The molecule has 43 heavy (non-hydrogen) atoms. The summed E-state index contributed by atoms with van der Waals surface area (Å²) in [6.07, 6.45) is -3.19. The van der Waals surface area contributed by atoms with E-state index in [1.54, 1.807) is 13.0 Å². The van der Waals surface area contributed by atoms with Crippen molar-refractivity contribution in [2.24, 2.45) is 0 Å². The predicted octanol–water partition coefficient (Wildman–Crippen LogP) is 6.13. The third-order valence-electron chi connectivity index (χ3n) is 7.15. The van der Waals surface area contributed by atoms with E-state index < -0.39 is 38.7 Å². The number of nitrogens with one attached hydrogen (secondary N) is 1. The molecule has 0 bridgehead atoms. The highest BCUT2D eigenvalue weighted by Crippen LogP contribution is 2.39. The first-order valence-electron chi connectivity index (χ1n) is 13.9. The zero-order valence-electron chi connectivity index (χ0n) is 24.7. The van der Waals surface area contributed by atoms with Crippen molar-refractivity contribution < 1.29 is 36.6 Å². The molecule has 0 saturated carbocycles. The van der Waals surface area contributed by atoms with Crippen LogP contribution in [0.2, 0.25) is 0 Å². The molecular formula is C31H39F3N2O5S2. The average Bonchev–Trinajstić information content (AvgIpc) is 3.31. The van der Waals surface area contributed by atoms with Gasteiger partial charge in [-0.1, -0.05) is 30.3 Å². The minimum absolute atomic E-state index is 0.0744. The summed E-state index contributed by atoms with van der Waals surface area (Å²) in [6.45, 7) is 5.45. The monoisotopic (exact) mass is 640 g/mol. The zero-order chi connectivity index (χ0) is 32.0. The molecule has 0 amide bonds. The SMILES string of the molecule is Cc1cc(CCC(=O)O)sc1-c1cc(C(F)(F)F)cc(S(=O)(=O)N(C)C[C@H](O)CNC(C)(C)CCCc2ccccc2)c1. The maximum atomic E-state index is 13.9. The lowest BCUT2D eigenvalue weighted by Crippen LogP contribution is -2.46. The number of rotatable bonds is 15. The highest BCUT2D eigenvalue weighted by molar-refractivity contribution is 7.89. The summed E-state index contributed by atoms with van der Waals surface area (Å²) in [7, 11) is -3.17. The predicted molar refractivity (Wildman–Crippen MR) is 163 cm³/mol. The molecule has 2 aromatic carbocycles. The van der Waals surface area contributed by atoms with Crippen LogP contribution in [-0.4, -0.2) is 60.7 Å². The number of β-amino-alcohol motifs (C(OH)–C–C–N with tert-alkyl or cyclic N) is 1. The van der Waals surface area contributed by atoms with E-state index in [1.165, 1.54) is 18.7 Å². The molecule has 0 aliphatic heterocycles. The minimum atomic E-state index is -4.80. The Morgan fingerprint density at radius 1 is 1.07 bits per heavy atom. The van der Waals surface area contributed by atoms with E-state index in [0.29, 0.717) is 21.4 Å². The van der Waals surface area contributed by atoms with E-state index in [2.05, 4.69) is 17.4 Å². The number of aryl methyl sites for hydroxylation is 3. The smallest absolute Gasteiger partial charge is 0.416 e. The Morgan fingerprint density at radius 2 is 1.74 bits per heavy atom. The molecule has 236 valence electrons. The summed E-state index contributed by atoms with van der Waals surface area (Å²) in [4.78, 5) is 11.5. The molecule has 1 heterocycles. The third-order valence-corrected chi connectivity index (χ3v) is 10.3. The number of nitrogens with zero attached hydrogens (tertiary/aromatic N) is 1. The first kappa shape index (κ1) is 34.7. The fourth-order valence-corrected chi connectivity index (χ4v) is 7.17. The molecule has 3 N–H and O–H groups in total. The number of benzene rings is 2. The van der Waals surface area contributed by atoms with Crippen LogP contribution in [0.25, 0.3) is 10.4 Å². The van der Waals surface area contributed by atoms with Crippen molar-refractivity contribution in [3.63, 3.8) is 0 Å². The van der Waals surface area contributed by atoms with Crippen LogP contribution in [0.4, 0.5) is 13.2 Å². The van der Waals surface area contributed by atoms with Crippen LogP contribution in [0.3, 0.4) is 0 Å². The van der Waals surface area contributed by atoms with Gasteiger partial charge in [0.1, 0.15) is 0 Å². The van der Waals surface area contributed by atoms with Crippen molar-refractivity contribution in [1.82, 2.24) is 9.62 Å². The van der Waals surface area contributed by atoms with Crippen LogP contribution in [0.5, 0.6) is 0 Å². The van der Waals surface area contributed by atoms with Crippen LogP contribution in [0.15, 0.2) is 59.5 Å². The van der Waals surface area contributed by atoms with Crippen molar-refractivity contribution in [3.05, 3.63) is 76.2 Å². The lowest BCUT2D eigenvalue weighted by atomic mass is 9.95. The number of carboxylic acid groups (broad SMARTS) is 1. The van der Waals surface area contributed by atoms with Crippen LogP contribution in [-0.2, 0) is 33.8 Å². The number of carboxylic acids is 1. The largest absolute Gasteiger partial charge is 0.481 e. The van der Waals surface area contributed by atoms with Gasteiger partial charge >= 0.3 is 12.1 Å². The molecule has 1 atom stereocenters. The summed E-state index contributed by atoms with van der Waals surface area (Å²) in [5.41, 5.74) is 0.483. The normalized spacial score (nSPS) is 13.4. The number of aliphatic hydroxyl groups is 1. The van der Waals surface area contributed by atoms with Crippen molar-refractivity contribution in [1.29, 1.82) is 0 Å². The van der Waals surface area contributed by atoms with E-state index in [9.17, 15) is 31.5 Å². The maximum Gasteiger partial charge on any atom is 0.416 e. The Morgan fingerprint density at radius 3 is 2.37 bits per heavy atom. The summed E-state index contributed by atoms with van der Waals surface area (Å²) in [5, 5.41) is 22.9. The number of carbonyl (C=O) groups is 1. The number of likely N-dealkylation sites (N-methyl/N-ethyl adjacent to an activating group) is 1. The second-order valence-electron chi connectivity index (χ2n) is 11.4. The van der Waals surface area contributed by atoms with Crippen molar-refractivity contribution in [3.8, 4) is 10.4 Å². The van der Waals surface area contributed by atoms with E-state index >= 15 is 0 Å². The molecule has 0 aliphatic rings. The summed E-state index contributed by atoms with van der Waals surface area (Å²) < 4.78 is 69.3. The number of halogens is 3. The summed E-state index contributed by atoms with van der Waals surface area (Å²) in [5.74, 6) is -0.993. The Balaban J connectivity index is 1.72. The fourth-order valence-electron chi connectivity index (χ4n) is 4.73. The molecular weight excluding hydrogens is 601 g/mol. The topological polar surface area (TPSA) is 107 Å². The molecule has 0 spiro atoms. The summed E-state index contributed by atoms with van der Waals surface area (Å²) in [6, 6.07) is 14.5. The second-order valence-corrected chi connectivity index (χ2v) is 14.6. The van der Waals surface area contributed by atoms with Gasteiger partial charge in [0, 0.05) is 35.4 Å². The second kappa shape index (κ2) is 14.3. The van der Waals surface area contributed by atoms with Gasteiger partial charge in [-0.2, -0.15) is 17.5 Å². The van der Waals surface area contributed by atoms with Gasteiger partial charge < -0.3 is 15.5 Å². The van der Waals surface area contributed by atoms with E-state index in [4.69, 9.17) is 5.11 Å². The molecule has 1 aromatic heterocycles. The molecule has 0 saturated heterocycles. The molecule has 3 rings (SSSR count). The highest BCUT2D eigenvalue weighted by atomic mass is 32.2. The lowest BCUT2D eigenvalue weighted by Gasteiger charge is -2.29. The number of hydrogen-bond donors (Lipinski definition) is 3. The van der Waals surface area contributed by atoms with E-state index in [-0.39, 0.29) is 37.0 Å². The van der Waals surface area contributed by atoms with Gasteiger partial charge in [0.05, 0.1) is 23.0 Å². The number of aliphatic hydroxyl groups excluding tert-OH is 1. The van der Waals surface area contributed by atoms with Crippen molar-refractivity contribution in [2.75, 3.05) is 20.1 Å². The molecule has 0 fully saturated rings. The molecule has 3 aromatic rings. The number of hydrogen-bond acceptors (Lipinski definition) is 6. The number of alkyl halides is 3.